The first-order chi connectivity index (χ1) is 10.7. The van der Waals surface area contributed by atoms with E-state index in [0.29, 0.717) is 12.2 Å². The molecule has 0 aliphatic heterocycles. The van der Waals surface area contributed by atoms with Crippen molar-refractivity contribution in [3.05, 3.63) is 65.7 Å². The average molecular weight is 302 g/mol. The monoisotopic (exact) mass is 302 g/mol. The van der Waals surface area contributed by atoms with E-state index in [9.17, 15) is 4.79 Å². The molecule has 0 bridgehead atoms. The van der Waals surface area contributed by atoms with Crippen LogP contribution in [0.1, 0.15) is 22.8 Å². The molecule has 0 aromatic heterocycles. The van der Waals surface area contributed by atoms with Crippen LogP contribution in [0.3, 0.4) is 0 Å². The van der Waals surface area contributed by atoms with E-state index in [1.807, 2.05) is 37.3 Å². The number of ether oxygens (including phenoxy) is 3. The number of benzene rings is 2. The Morgan fingerprint density at radius 2 is 1.55 bits per heavy atom. The number of carbonyl (C=O) groups is 1. The van der Waals surface area contributed by atoms with Gasteiger partial charge >= 0.3 is 0 Å². The molecule has 4 nitrogen and oxygen atoms in total. The molecule has 0 saturated carbocycles. The zero-order chi connectivity index (χ0) is 16.2. The number of carbonyl (C=O) groups excluding carboxylic acids is 1. The highest BCUT2D eigenvalue weighted by atomic mass is 16.7. The highest BCUT2D eigenvalue weighted by Gasteiger charge is 1.95. The highest BCUT2D eigenvalue weighted by molar-refractivity contribution is 5.74. The molecule has 0 unspecified atom stereocenters. The molecule has 2 aromatic carbocycles. The highest BCUT2D eigenvalue weighted by Crippen LogP contribution is 2.13. The molecule has 118 valence electrons. The fraction of sp³-hybridized carbons (Fsp3) is 0.278. The Hall–Kier alpha value is -2.17. The molecule has 0 aliphatic carbocycles. The van der Waals surface area contributed by atoms with E-state index in [2.05, 4.69) is 9.47 Å². The molecule has 22 heavy (non-hydrogen) atoms. The van der Waals surface area contributed by atoms with Gasteiger partial charge in [0, 0.05) is 19.8 Å². The van der Waals surface area contributed by atoms with Crippen molar-refractivity contribution in [1.29, 1.82) is 0 Å². The lowest BCUT2D eigenvalue weighted by molar-refractivity contribution is -0.0877. The van der Waals surface area contributed by atoms with Gasteiger partial charge in [-0.25, -0.2) is 0 Å². The van der Waals surface area contributed by atoms with Gasteiger partial charge in [0.2, 0.25) is 0 Å². The second kappa shape index (κ2) is 10.5. The average Bonchev–Trinajstić information content (AvgIpc) is 2.61. The van der Waals surface area contributed by atoms with Crippen LogP contribution in [-0.4, -0.2) is 26.8 Å². The molecule has 0 heterocycles. The third-order valence-corrected chi connectivity index (χ3v) is 2.93. The standard InChI is InChI=1S/C14H12O2.C4H10O2/c15-10-12-6-8-14(9-7-12)16-11-13-4-2-1-3-5-13;1-4(5-2)6-3/h1-10H,11H2;4H,1-3H3. The van der Waals surface area contributed by atoms with Gasteiger partial charge in [0.1, 0.15) is 18.6 Å². The number of rotatable bonds is 6. The van der Waals surface area contributed by atoms with Gasteiger partial charge in [-0.05, 0) is 36.8 Å². The van der Waals surface area contributed by atoms with Gasteiger partial charge < -0.3 is 14.2 Å². The number of hydrogen-bond acceptors (Lipinski definition) is 4. The van der Waals surface area contributed by atoms with Crippen LogP contribution in [0.5, 0.6) is 5.75 Å². The van der Waals surface area contributed by atoms with E-state index in [1.54, 1.807) is 38.5 Å². The first kappa shape index (κ1) is 17.9. The van der Waals surface area contributed by atoms with Crippen LogP contribution in [0.15, 0.2) is 54.6 Å². The maximum absolute atomic E-state index is 10.5. The zero-order valence-corrected chi connectivity index (χ0v) is 13.2. The van der Waals surface area contributed by atoms with Gasteiger partial charge in [0.15, 0.2) is 6.29 Å². The molecule has 2 rings (SSSR count). The summed E-state index contributed by atoms with van der Waals surface area (Å²) in [4.78, 5) is 10.5. The summed E-state index contributed by atoms with van der Waals surface area (Å²) in [5.74, 6) is 0.773. The summed E-state index contributed by atoms with van der Waals surface area (Å²) in [7, 11) is 3.21. The lowest BCUT2D eigenvalue weighted by Crippen LogP contribution is -2.05. The molecule has 2 aromatic rings. The van der Waals surface area contributed by atoms with Crippen molar-refractivity contribution in [2.75, 3.05) is 14.2 Å². The normalized spacial score (nSPS) is 9.82. The maximum Gasteiger partial charge on any atom is 0.154 e. The minimum Gasteiger partial charge on any atom is -0.489 e. The van der Waals surface area contributed by atoms with Gasteiger partial charge in [-0.1, -0.05) is 30.3 Å². The van der Waals surface area contributed by atoms with Crippen molar-refractivity contribution < 1.29 is 19.0 Å². The van der Waals surface area contributed by atoms with Gasteiger partial charge in [-0.3, -0.25) is 4.79 Å². The third kappa shape index (κ3) is 7.02. The van der Waals surface area contributed by atoms with E-state index in [0.717, 1.165) is 17.6 Å². The van der Waals surface area contributed by atoms with Crippen molar-refractivity contribution >= 4 is 6.29 Å². The lowest BCUT2D eigenvalue weighted by Gasteiger charge is -2.05. The van der Waals surface area contributed by atoms with E-state index in [4.69, 9.17) is 4.74 Å². The summed E-state index contributed by atoms with van der Waals surface area (Å²) in [5, 5.41) is 0. The van der Waals surface area contributed by atoms with Gasteiger partial charge in [0.05, 0.1) is 0 Å². The van der Waals surface area contributed by atoms with E-state index >= 15 is 0 Å². The fourth-order valence-corrected chi connectivity index (χ4v) is 1.48. The van der Waals surface area contributed by atoms with Crippen molar-refractivity contribution in [2.45, 2.75) is 19.8 Å². The molecule has 4 heteroatoms. The molecule has 0 amide bonds. The van der Waals surface area contributed by atoms with E-state index in [-0.39, 0.29) is 6.29 Å². The molecular weight excluding hydrogens is 280 g/mol. The Bertz CT molecular complexity index is 519. The van der Waals surface area contributed by atoms with Crippen LogP contribution in [0.25, 0.3) is 0 Å². The topological polar surface area (TPSA) is 44.8 Å². The summed E-state index contributed by atoms with van der Waals surface area (Å²) < 4.78 is 14.9. The van der Waals surface area contributed by atoms with Crippen LogP contribution in [0, 0.1) is 0 Å². The second-order valence-electron chi connectivity index (χ2n) is 4.50. The quantitative estimate of drug-likeness (QED) is 0.603. The summed E-state index contributed by atoms with van der Waals surface area (Å²) >= 11 is 0. The fourth-order valence-electron chi connectivity index (χ4n) is 1.48. The van der Waals surface area contributed by atoms with Gasteiger partial charge in [-0.2, -0.15) is 0 Å². The summed E-state index contributed by atoms with van der Waals surface area (Å²) in [6, 6.07) is 17.0. The Kier molecular flexibility index (Phi) is 8.57. The SMILES string of the molecule is COC(C)OC.O=Cc1ccc(OCc2ccccc2)cc1. The van der Waals surface area contributed by atoms with Crippen LogP contribution in [-0.2, 0) is 16.1 Å². The molecule has 0 aliphatic rings. The van der Waals surface area contributed by atoms with Crippen molar-refractivity contribution in [2.24, 2.45) is 0 Å². The first-order valence-electron chi connectivity index (χ1n) is 6.97. The summed E-state index contributed by atoms with van der Waals surface area (Å²) in [6.45, 7) is 2.38. The number of aldehydes is 1. The molecular formula is C18H22O4. The zero-order valence-electron chi connectivity index (χ0n) is 13.2. The second-order valence-corrected chi connectivity index (χ2v) is 4.50. The summed E-state index contributed by atoms with van der Waals surface area (Å²) in [5.41, 5.74) is 1.79. The van der Waals surface area contributed by atoms with E-state index in [1.165, 1.54) is 0 Å². The third-order valence-electron chi connectivity index (χ3n) is 2.93. The molecule has 0 saturated heterocycles. The number of hydrogen-bond donors (Lipinski definition) is 0. The van der Waals surface area contributed by atoms with Crippen LogP contribution < -0.4 is 4.74 Å². The smallest absolute Gasteiger partial charge is 0.154 e. The van der Waals surface area contributed by atoms with Crippen LogP contribution in [0.2, 0.25) is 0 Å². The Morgan fingerprint density at radius 1 is 0.955 bits per heavy atom. The lowest BCUT2D eigenvalue weighted by atomic mass is 10.2. The van der Waals surface area contributed by atoms with Crippen LogP contribution in [0.4, 0.5) is 0 Å². The van der Waals surface area contributed by atoms with Gasteiger partial charge in [-0.15, -0.1) is 0 Å². The van der Waals surface area contributed by atoms with Crippen molar-refractivity contribution in [3.63, 3.8) is 0 Å². The van der Waals surface area contributed by atoms with Gasteiger partial charge in [0.25, 0.3) is 0 Å². The number of methoxy groups -OCH3 is 2. The Labute approximate surface area is 131 Å². The molecule has 0 radical (unpaired) electrons. The van der Waals surface area contributed by atoms with Crippen molar-refractivity contribution in [1.82, 2.24) is 0 Å². The summed E-state index contributed by atoms with van der Waals surface area (Å²) in [6.07, 6.45) is 0.756. The molecule has 0 fully saturated rings. The van der Waals surface area contributed by atoms with Crippen LogP contribution >= 0.6 is 0 Å². The maximum atomic E-state index is 10.5. The first-order valence-corrected chi connectivity index (χ1v) is 6.97. The minimum absolute atomic E-state index is 0.0648. The predicted molar refractivity (Wildman–Crippen MR) is 86.1 cm³/mol. The predicted octanol–water partition coefficient (Wildman–Crippen LogP) is 3.70. The molecule has 0 spiro atoms. The molecule has 0 atom stereocenters. The molecule has 0 N–H and O–H groups in total. The Morgan fingerprint density at radius 3 is 2.00 bits per heavy atom. The largest absolute Gasteiger partial charge is 0.489 e. The van der Waals surface area contributed by atoms with E-state index < -0.39 is 0 Å². The minimum atomic E-state index is -0.0648. The Balaban J connectivity index is 0.000000346. The van der Waals surface area contributed by atoms with Crippen molar-refractivity contribution in [3.8, 4) is 5.75 Å².